The lowest BCUT2D eigenvalue weighted by Crippen LogP contribution is -2.59. The Labute approximate surface area is 142 Å². The molecule has 0 amide bonds. The lowest BCUT2D eigenvalue weighted by Gasteiger charge is -2.48. The van der Waals surface area contributed by atoms with E-state index < -0.39 is 0 Å². The minimum Gasteiger partial charge on any atom is -0.383 e. The maximum absolute atomic E-state index is 5.20. The van der Waals surface area contributed by atoms with Crippen molar-refractivity contribution >= 4 is 5.96 Å². The second kappa shape index (κ2) is 9.48. The van der Waals surface area contributed by atoms with Crippen LogP contribution in [0.3, 0.4) is 0 Å². The topological polar surface area (TPSA) is 48.9 Å². The number of likely N-dealkylation sites (tertiary alicyclic amines) is 1. The molecular weight excluding hydrogens is 288 g/mol. The van der Waals surface area contributed by atoms with Gasteiger partial charge in [0.25, 0.3) is 0 Å². The van der Waals surface area contributed by atoms with Crippen LogP contribution in [0.4, 0.5) is 0 Å². The van der Waals surface area contributed by atoms with E-state index in [4.69, 9.17) is 4.74 Å². The Hall–Kier alpha value is -0.810. The molecule has 1 aliphatic carbocycles. The van der Waals surface area contributed by atoms with Crippen molar-refractivity contribution in [1.82, 2.24) is 15.5 Å². The molecule has 1 atom stereocenters. The summed E-state index contributed by atoms with van der Waals surface area (Å²) in [4.78, 5) is 7.16. The summed E-state index contributed by atoms with van der Waals surface area (Å²) < 4.78 is 5.20. The summed E-state index contributed by atoms with van der Waals surface area (Å²) in [5, 5.41) is 7.03. The molecule has 0 aromatic carbocycles. The van der Waals surface area contributed by atoms with E-state index in [1.165, 1.54) is 64.5 Å². The molecule has 0 bridgehead atoms. The van der Waals surface area contributed by atoms with Gasteiger partial charge in [0.1, 0.15) is 0 Å². The van der Waals surface area contributed by atoms with Gasteiger partial charge in [-0.3, -0.25) is 9.89 Å². The first-order chi connectivity index (χ1) is 11.2. The number of aliphatic imine (C=N–C) groups is 1. The van der Waals surface area contributed by atoms with Gasteiger partial charge in [-0.2, -0.15) is 0 Å². The zero-order valence-electron chi connectivity index (χ0n) is 15.4. The van der Waals surface area contributed by atoms with E-state index in [0.29, 0.717) is 12.1 Å². The SMILES string of the molecule is CN=C(NCC1(N2CCCCC2)CCCCC1)NC(C)COC. The van der Waals surface area contributed by atoms with Crippen LogP contribution in [0.15, 0.2) is 4.99 Å². The van der Waals surface area contributed by atoms with Crippen molar-refractivity contribution in [3.8, 4) is 0 Å². The molecule has 5 nitrogen and oxygen atoms in total. The molecule has 0 spiro atoms. The lowest BCUT2D eigenvalue weighted by atomic mass is 9.79. The highest BCUT2D eigenvalue weighted by atomic mass is 16.5. The number of methoxy groups -OCH3 is 1. The Morgan fingerprint density at radius 2 is 1.78 bits per heavy atom. The quantitative estimate of drug-likeness (QED) is 0.582. The molecule has 5 heteroatoms. The molecular formula is C18H36N4O. The van der Waals surface area contributed by atoms with Gasteiger partial charge in [0.2, 0.25) is 0 Å². The minimum atomic E-state index is 0.267. The van der Waals surface area contributed by atoms with E-state index in [9.17, 15) is 0 Å². The Kier molecular flexibility index (Phi) is 7.63. The number of nitrogens with zero attached hydrogens (tertiary/aromatic N) is 2. The number of hydrogen-bond acceptors (Lipinski definition) is 3. The molecule has 0 radical (unpaired) electrons. The third-order valence-corrected chi connectivity index (χ3v) is 5.42. The second-order valence-corrected chi connectivity index (χ2v) is 7.26. The van der Waals surface area contributed by atoms with Crippen LogP contribution in [-0.2, 0) is 4.74 Å². The summed E-state index contributed by atoms with van der Waals surface area (Å²) in [5.41, 5.74) is 0.334. The van der Waals surface area contributed by atoms with Gasteiger partial charge in [0, 0.05) is 32.3 Å². The highest BCUT2D eigenvalue weighted by molar-refractivity contribution is 5.80. The van der Waals surface area contributed by atoms with Gasteiger partial charge in [-0.15, -0.1) is 0 Å². The average Bonchev–Trinajstić information content (AvgIpc) is 2.60. The predicted octanol–water partition coefficient (Wildman–Crippen LogP) is 2.38. The molecule has 0 aromatic rings. The van der Waals surface area contributed by atoms with E-state index in [-0.39, 0.29) is 6.04 Å². The predicted molar refractivity (Wildman–Crippen MR) is 97.1 cm³/mol. The average molecular weight is 325 g/mol. The molecule has 1 saturated carbocycles. The Bertz CT molecular complexity index is 360. The van der Waals surface area contributed by atoms with Gasteiger partial charge in [-0.25, -0.2) is 0 Å². The Morgan fingerprint density at radius 3 is 2.39 bits per heavy atom. The van der Waals surface area contributed by atoms with Crippen LogP contribution in [0, 0.1) is 0 Å². The highest BCUT2D eigenvalue weighted by Gasteiger charge is 2.38. The molecule has 134 valence electrons. The summed E-state index contributed by atoms with van der Waals surface area (Å²) in [5.74, 6) is 0.900. The molecule has 1 aliphatic heterocycles. The Balaban J connectivity index is 1.94. The number of hydrogen-bond donors (Lipinski definition) is 2. The highest BCUT2D eigenvalue weighted by Crippen LogP contribution is 2.35. The van der Waals surface area contributed by atoms with Crippen LogP contribution < -0.4 is 10.6 Å². The monoisotopic (exact) mass is 324 g/mol. The first-order valence-corrected chi connectivity index (χ1v) is 9.41. The van der Waals surface area contributed by atoms with Crippen molar-refractivity contribution in [2.45, 2.75) is 69.9 Å². The van der Waals surface area contributed by atoms with Crippen LogP contribution in [0.25, 0.3) is 0 Å². The molecule has 2 N–H and O–H groups in total. The van der Waals surface area contributed by atoms with Gasteiger partial charge < -0.3 is 15.4 Å². The van der Waals surface area contributed by atoms with E-state index in [1.807, 2.05) is 7.05 Å². The van der Waals surface area contributed by atoms with Gasteiger partial charge in [0.05, 0.1) is 6.61 Å². The van der Waals surface area contributed by atoms with Crippen LogP contribution in [0.2, 0.25) is 0 Å². The van der Waals surface area contributed by atoms with Crippen LogP contribution in [-0.4, -0.2) is 62.8 Å². The van der Waals surface area contributed by atoms with Crippen molar-refractivity contribution in [3.05, 3.63) is 0 Å². The zero-order chi connectivity index (χ0) is 16.5. The number of piperidine rings is 1. The molecule has 23 heavy (non-hydrogen) atoms. The van der Waals surface area contributed by atoms with Crippen molar-refractivity contribution in [1.29, 1.82) is 0 Å². The third-order valence-electron chi connectivity index (χ3n) is 5.42. The van der Waals surface area contributed by atoms with Gasteiger partial charge in [-0.1, -0.05) is 25.7 Å². The molecule has 0 aromatic heterocycles. The fraction of sp³-hybridized carbons (Fsp3) is 0.944. The fourth-order valence-corrected chi connectivity index (χ4v) is 4.15. The first-order valence-electron chi connectivity index (χ1n) is 9.41. The number of nitrogens with one attached hydrogen (secondary N) is 2. The van der Waals surface area contributed by atoms with E-state index >= 15 is 0 Å². The van der Waals surface area contributed by atoms with Gasteiger partial charge in [-0.05, 0) is 45.7 Å². The first kappa shape index (κ1) is 18.5. The van der Waals surface area contributed by atoms with Crippen molar-refractivity contribution in [2.75, 3.05) is 40.4 Å². The minimum absolute atomic E-state index is 0.267. The van der Waals surface area contributed by atoms with Gasteiger partial charge in [0.15, 0.2) is 5.96 Å². The third kappa shape index (κ3) is 5.35. The van der Waals surface area contributed by atoms with E-state index in [2.05, 4.69) is 27.4 Å². The Morgan fingerprint density at radius 1 is 1.13 bits per heavy atom. The lowest BCUT2D eigenvalue weighted by molar-refractivity contribution is 0.0367. The van der Waals surface area contributed by atoms with Crippen molar-refractivity contribution in [2.24, 2.45) is 4.99 Å². The van der Waals surface area contributed by atoms with E-state index in [1.54, 1.807) is 7.11 Å². The summed E-state index contributed by atoms with van der Waals surface area (Å²) in [6, 6.07) is 0.267. The largest absolute Gasteiger partial charge is 0.383 e. The molecule has 2 aliphatic rings. The summed E-state index contributed by atoms with van der Waals surface area (Å²) in [6.45, 7) is 6.36. The number of ether oxygens (including phenoxy) is 1. The molecule has 2 rings (SSSR count). The fourth-order valence-electron chi connectivity index (χ4n) is 4.15. The van der Waals surface area contributed by atoms with Crippen LogP contribution in [0.1, 0.15) is 58.3 Å². The summed E-state index contributed by atoms with van der Waals surface area (Å²) >= 11 is 0. The van der Waals surface area contributed by atoms with Crippen LogP contribution in [0.5, 0.6) is 0 Å². The standard InChI is InChI=1S/C18H36N4O/c1-16(14-23-3)21-17(19-2)20-15-18(10-6-4-7-11-18)22-12-8-5-9-13-22/h16H,4-15H2,1-3H3,(H2,19,20,21). The molecule has 1 saturated heterocycles. The smallest absolute Gasteiger partial charge is 0.191 e. The van der Waals surface area contributed by atoms with Crippen molar-refractivity contribution in [3.63, 3.8) is 0 Å². The number of rotatable bonds is 6. The van der Waals surface area contributed by atoms with Gasteiger partial charge >= 0.3 is 0 Å². The maximum atomic E-state index is 5.20. The molecule has 1 heterocycles. The normalized spacial score (nSPS) is 24.2. The zero-order valence-corrected chi connectivity index (χ0v) is 15.4. The number of guanidine groups is 1. The molecule has 2 fully saturated rings. The second-order valence-electron chi connectivity index (χ2n) is 7.26. The van der Waals surface area contributed by atoms with Crippen LogP contribution >= 0.6 is 0 Å². The van der Waals surface area contributed by atoms with E-state index in [0.717, 1.165) is 12.5 Å². The summed E-state index contributed by atoms with van der Waals surface area (Å²) in [6.07, 6.45) is 10.9. The maximum Gasteiger partial charge on any atom is 0.191 e. The summed E-state index contributed by atoms with van der Waals surface area (Å²) in [7, 11) is 3.59. The van der Waals surface area contributed by atoms with Crippen molar-refractivity contribution < 1.29 is 4.74 Å². The molecule has 1 unspecified atom stereocenters.